The van der Waals surface area contributed by atoms with Gasteiger partial charge in [-0.3, -0.25) is 0 Å². The van der Waals surface area contributed by atoms with Gasteiger partial charge in [0.2, 0.25) is 0 Å². The van der Waals surface area contributed by atoms with Gasteiger partial charge in [-0.15, -0.1) is 0 Å². The second-order valence-electron chi connectivity index (χ2n) is 4.79. The van der Waals surface area contributed by atoms with Gasteiger partial charge in [0.25, 0.3) is 0 Å². The molecule has 0 spiro atoms. The van der Waals surface area contributed by atoms with Crippen molar-refractivity contribution >= 4 is 11.0 Å². The Bertz CT molecular complexity index is 497. The van der Waals surface area contributed by atoms with Crippen molar-refractivity contribution in [2.24, 2.45) is 0 Å². The number of hydrogen-bond acceptors (Lipinski definition) is 2. The largest absolute Gasteiger partial charge is 0.329 e. The molecule has 0 amide bonds. The lowest BCUT2D eigenvalue weighted by molar-refractivity contribution is 0.281. The van der Waals surface area contributed by atoms with Gasteiger partial charge in [-0.2, -0.15) is 0 Å². The van der Waals surface area contributed by atoms with Crippen LogP contribution in [0.3, 0.4) is 0 Å². The molecule has 0 bridgehead atoms. The lowest BCUT2D eigenvalue weighted by atomic mass is 10.3. The van der Waals surface area contributed by atoms with Gasteiger partial charge in [-0.1, -0.05) is 12.1 Å². The van der Waals surface area contributed by atoms with E-state index in [2.05, 4.69) is 38.0 Å². The highest BCUT2D eigenvalue weighted by Crippen LogP contribution is 2.11. The van der Waals surface area contributed by atoms with Crippen LogP contribution in [-0.4, -0.2) is 47.2 Å². The second-order valence-corrected chi connectivity index (χ2v) is 4.79. The normalized spacial score (nSPS) is 18.0. The number of benzene rings is 1. The Labute approximate surface area is 108 Å². The molecular weight excluding hydrogens is 224 g/mol. The number of rotatable bonds is 3. The Morgan fingerprint density at radius 2 is 2.00 bits per heavy atom. The van der Waals surface area contributed by atoms with Gasteiger partial charge >= 0.3 is 0 Å². The zero-order chi connectivity index (χ0) is 12.2. The van der Waals surface area contributed by atoms with E-state index in [0.29, 0.717) is 0 Å². The fraction of sp³-hybridized carbons (Fsp3) is 0.500. The Balaban J connectivity index is 1.65. The van der Waals surface area contributed by atoms with E-state index in [4.69, 9.17) is 0 Å². The average molecular weight is 243 g/mol. The van der Waals surface area contributed by atoms with Crippen LogP contribution in [0.4, 0.5) is 0 Å². The molecular formula is C14H19N4. The molecule has 0 atom stereocenters. The van der Waals surface area contributed by atoms with Crippen LogP contribution in [0, 0.1) is 0 Å². The maximum atomic E-state index is 4.46. The molecule has 1 aliphatic rings. The van der Waals surface area contributed by atoms with E-state index < -0.39 is 0 Å². The molecule has 1 aliphatic heterocycles. The average Bonchev–Trinajstić information content (AvgIpc) is 2.64. The zero-order valence-electron chi connectivity index (χ0n) is 10.6. The summed E-state index contributed by atoms with van der Waals surface area (Å²) < 4.78 is 2.25. The maximum absolute atomic E-state index is 4.46. The molecule has 1 fully saturated rings. The molecule has 0 saturated carbocycles. The van der Waals surface area contributed by atoms with Gasteiger partial charge in [-0.05, 0) is 25.1 Å². The van der Waals surface area contributed by atoms with Crippen LogP contribution in [0.2, 0.25) is 0 Å². The molecule has 1 radical (unpaired) electrons. The van der Waals surface area contributed by atoms with Gasteiger partial charge in [-0.25, -0.2) is 10.3 Å². The van der Waals surface area contributed by atoms with Crippen LogP contribution >= 0.6 is 0 Å². The molecule has 2 aromatic rings. The topological polar surface area (TPSA) is 35.2 Å². The van der Waals surface area contributed by atoms with E-state index in [-0.39, 0.29) is 0 Å². The summed E-state index contributed by atoms with van der Waals surface area (Å²) in [7, 11) is 0. The third kappa shape index (κ3) is 2.54. The van der Waals surface area contributed by atoms with Crippen LogP contribution in [0.25, 0.3) is 11.0 Å². The smallest absolute Gasteiger partial charge is 0.0958 e. The summed E-state index contributed by atoms with van der Waals surface area (Å²) in [6, 6.07) is 8.32. The molecule has 18 heavy (non-hydrogen) atoms. The van der Waals surface area contributed by atoms with Crippen LogP contribution in [-0.2, 0) is 6.54 Å². The number of hydrogen-bond donors (Lipinski definition) is 0. The van der Waals surface area contributed by atoms with Gasteiger partial charge in [0, 0.05) is 32.7 Å². The van der Waals surface area contributed by atoms with Crippen molar-refractivity contribution in [3.05, 3.63) is 30.6 Å². The lowest BCUT2D eigenvalue weighted by Gasteiger charge is -2.19. The lowest BCUT2D eigenvalue weighted by Crippen LogP contribution is -2.30. The summed E-state index contributed by atoms with van der Waals surface area (Å²) in [6.45, 7) is 6.41. The molecule has 4 heteroatoms. The second kappa shape index (κ2) is 5.50. The standard InChI is InChI=1S/C14H19N4/c1-2-5-14-13(4-1)16-12-18(14)11-10-17-8-3-6-15-7-9-17/h1-2,4-5,12H,3,6-11H2. The monoisotopic (exact) mass is 243 g/mol. The highest BCUT2D eigenvalue weighted by Gasteiger charge is 2.09. The molecule has 3 rings (SSSR count). The van der Waals surface area contributed by atoms with Gasteiger partial charge < -0.3 is 9.47 Å². The van der Waals surface area contributed by atoms with Gasteiger partial charge in [0.05, 0.1) is 17.4 Å². The SMILES string of the molecule is c1ccc2c(c1)ncn2CCN1CCC[N]CC1. The van der Waals surface area contributed by atoms with E-state index in [1.54, 1.807) is 0 Å². The summed E-state index contributed by atoms with van der Waals surface area (Å²) >= 11 is 0. The Morgan fingerprint density at radius 3 is 3.00 bits per heavy atom. The minimum Gasteiger partial charge on any atom is -0.329 e. The van der Waals surface area contributed by atoms with Crippen molar-refractivity contribution in [1.82, 2.24) is 19.8 Å². The van der Waals surface area contributed by atoms with Crippen molar-refractivity contribution in [2.45, 2.75) is 13.0 Å². The van der Waals surface area contributed by atoms with Gasteiger partial charge in [0.15, 0.2) is 0 Å². The minimum absolute atomic E-state index is 0.991. The highest BCUT2D eigenvalue weighted by atomic mass is 15.2. The first kappa shape index (κ1) is 11.7. The first-order valence-electron chi connectivity index (χ1n) is 6.69. The third-order valence-corrected chi connectivity index (χ3v) is 3.55. The molecule has 1 saturated heterocycles. The first-order valence-corrected chi connectivity index (χ1v) is 6.69. The number of fused-ring (bicyclic) bond motifs is 1. The Morgan fingerprint density at radius 1 is 1.06 bits per heavy atom. The van der Waals surface area contributed by atoms with Crippen molar-refractivity contribution in [2.75, 3.05) is 32.7 Å². The quantitative estimate of drug-likeness (QED) is 0.815. The first-order chi connectivity index (χ1) is 8.93. The van der Waals surface area contributed by atoms with Crippen molar-refractivity contribution in [3.8, 4) is 0 Å². The molecule has 1 aromatic heterocycles. The molecule has 0 N–H and O–H groups in total. The molecule has 0 aliphatic carbocycles. The van der Waals surface area contributed by atoms with Crippen molar-refractivity contribution in [1.29, 1.82) is 0 Å². The van der Waals surface area contributed by atoms with Crippen molar-refractivity contribution in [3.63, 3.8) is 0 Å². The van der Waals surface area contributed by atoms with E-state index in [1.807, 2.05) is 12.4 Å². The van der Waals surface area contributed by atoms with Gasteiger partial charge in [0.1, 0.15) is 0 Å². The van der Waals surface area contributed by atoms with Crippen LogP contribution in [0.15, 0.2) is 30.6 Å². The predicted octanol–water partition coefficient (Wildman–Crippen LogP) is 1.35. The summed E-state index contributed by atoms with van der Waals surface area (Å²) in [5.41, 5.74) is 2.32. The Hall–Kier alpha value is -1.39. The molecule has 2 heterocycles. The summed E-state index contributed by atoms with van der Waals surface area (Å²) in [6.07, 6.45) is 3.15. The number of aromatic nitrogens is 2. The molecule has 4 nitrogen and oxygen atoms in total. The maximum Gasteiger partial charge on any atom is 0.0958 e. The van der Waals surface area contributed by atoms with E-state index in [1.165, 1.54) is 18.5 Å². The van der Waals surface area contributed by atoms with Crippen molar-refractivity contribution < 1.29 is 0 Å². The molecule has 0 unspecified atom stereocenters. The zero-order valence-corrected chi connectivity index (χ0v) is 10.6. The fourth-order valence-corrected chi connectivity index (χ4v) is 2.50. The van der Waals surface area contributed by atoms with Crippen LogP contribution in [0.1, 0.15) is 6.42 Å². The van der Waals surface area contributed by atoms with E-state index in [9.17, 15) is 0 Å². The summed E-state index contributed by atoms with van der Waals surface area (Å²) in [5.74, 6) is 0. The van der Waals surface area contributed by atoms with Crippen LogP contribution in [0.5, 0.6) is 0 Å². The Kier molecular flexibility index (Phi) is 3.57. The summed E-state index contributed by atoms with van der Waals surface area (Å²) in [4.78, 5) is 6.93. The van der Waals surface area contributed by atoms with Crippen LogP contribution < -0.4 is 5.32 Å². The highest BCUT2D eigenvalue weighted by molar-refractivity contribution is 5.74. The summed E-state index contributed by atoms with van der Waals surface area (Å²) in [5, 5.41) is 4.46. The third-order valence-electron chi connectivity index (χ3n) is 3.55. The molecule has 95 valence electrons. The van der Waals surface area contributed by atoms with E-state index in [0.717, 1.165) is 38.2 Å². The minimum atomic E-state index is 0.991. The number of para-hydroxylation sites is 2. The number of nitrogens with zero attached hydrogens (tertiary/aromatic N) is 4. The fourth-order valence-electron chi connectivity index (χ4n) is 2.50. The molecule has 1 aromatic carbocycles. The predicted molar refractivity (Wildman–Crippen MR) is 72.7 cm³/mol. The number of imidazole rings is 1. The van der Waals surface area contributed by atoms with E-state index >= 15 is 0 Å².